The van der Waals surface area contributed by atoms with E-state index in [2.05, 4.69) is 19.2 Å². The van der Waals surface area contributed by atoms with E-state index in [0.717, 1.165) is 18.9 Å². The number of nitrogens with one attached hydrogen (secondary N) is 1. The molecule has 0 bridgehead atoms. The summed E-state index contributed by atoms with van der Waals surface area (Å²) in [4.78, 5) is 0. The average molecular weight is 145 g/mol. The van der Waals surface area contributed by atoms with Crippen LogP contribution in [0.25, 0.3) is 0 Å². The lowest BCUT2D eigenvalue weighted by Gasteiger charge is -2.08. The summed E-state index contributed by atoms with van der Waals surface area (Å²) >= 11 is 0. The third-order valence-corrected chi connectivity index (χ3v) is 1.34. The first kappa shape index (κ1) is 9.88. The molecule has 0 aliphatic carbocycles. The summed E-state index contributed by atoms with van der Waals surface area (Å²) in [6.45, 7) is 5.35. The molecule has 3 heteroatoms. The summed E-state index contributed by atoms with van der Waals surface area (Å²) in [6, 6.07) is 0. The molecule has 5 N–H and O–H groups in total. The maximum absolute atomic E-state index is 5.28. The third kappa shape index (κ3) is 7.88. The Labute approximate surface area is 63.2 Å². The van der Waals surface area contributed by atoms with Crippen molar-refractivity contribution in [3.8, 4) is 0 Å². The molecule has 62 valence electrons. The molecule has 10 heavy (non-hydrogen) atoms. The van der Waals surface area contributed by atoms with Crippen LogP contribution in [-0.4, -0.2) is 12.8 Å². The van der Waals surface area contributed by atoms with Crippen molar-refractivity contribution in [1.29, 1.82) is 0 Å². The van der Waals surface area contributed by atoms with E-state index >= 15 is 0 Å². The van der Waals surface area contributed by atoms with Gasteiger partial charge in [-0.1, -0.05) is 13.8 Å². The van der Waals surface area contributed by atoms with Gasteiger partial charge in [0, 0.05) is 0 Å². The Morgan fingerprint density at radius 3 is 2.30 bits per heavy atom. The van der Waals surface area contributed by atoms with Crippen molar-refractivity contribution in [3.63, 3.8) is 0 Å². The summed E-state index contributed by atoms with van der Waals surface area (Å²) < 4.78 is 0. The number of rotatable bonds is 5. The van der Waals surface area contributed by atoms with Gasteiger partial charge in [0.05, 0.1) is 0 Å². The Morgan fingerprint density at radius 2 is 1.90 bits per heavy atom. The predicted molar refractivity (Wildman–Crippen MR) is 44.2 cm³/mol. The second-order valence-electron chi connectivity index (χ2n) is 3.02. The van der Waals surface area contributed by atoms with Crippen LogP contribution in [0.5, 0.6) is 0 Å². The van der Waals surface area contributed by atoms with Crippen LogP contribution < -0.4 is 16.8 Å². The molecular formula is C7H19N3. The van der Waals surface area contributed by atoms with Crippen molar-refractivity contribution < 1.29 is 0 Å². The molecule has 0 radical (unpaired) electrons. The van der Waals surface area contributed by atoms with Crippen molar-refractivity contribution in [2.75, 3.05) is 6.54 Å². The van der Waals surface area contributed by atoms with E-state index in [9.17, 15) is 0 Å². The summed E-state index contributed by atoms with van der Waals surface area (Å²) in [6.07, 6.45) is 2.04. The lowest BCUT2D eigenvalue weighted by Crippen LogP contribution is -2.45. The Hall–Kier alpha value is -0.120. The maximum atomic E-state index is 5.28. The molecule has 0 heterocycles. The fraction of sp³-hybridized carbons (Fsp3) is 1.00. The van der Waals surface area contributed by atoms with Crippen molar-refractivity contribution in [2.24, 2.45) is 17.4 Å². The highest BCUT2D eigenvalue weighted by atomic mass is 15.1. The van der Waals surface area contributed by atoms with Crippen LogP contribution in [0, 0.1) is 5.92 Å². The summed E-state index contributed by atoms with van der Waals surface area (Å²) in [5.74, 6) is 0.774. The van der Waals surface area contributed by atoms with E-state index in [1.807, 2.05) is 0 Å². The molecule has 0 saturated heterocycles. The lowest BCUT2D eigenvalue weighted by molar-refractivity contribution is 0.486. The van der Waals surface area contributed by atoms with Crippen LogP contribution in [-0.2, 0) is 0 Å². The van der Waals surface area contributed by atoms with Gasteiger partial charge in [-0.25, -0.2) is 0 Å². The second-order valence-corrected chi connectivity index (χ2v) is 3.02. The summed E-state index contributed by atoms with van der Waals surface area (Å²) in [7, 11) is 0. The van der Waals surface area contributed by atoms with Gasteiger partial charge in [-0.2, -0.15) is 0 Å². The quantitative estimate of drug-likeness (QED) is 0.383. The highest BCUT2D eigenvalue weighted by molar-refractivity contribution is 4.51. The summed E-state index contributed by atoms with van der Waals surface area (Å²) in [5, 5.41) is 2.96. The van der Waals surface area contributed by atoms with Crippen LogP contribution in [0.2, 0.25) is 0 Å². The molecule has 0 aliphatic heterocycles. The fourth-order valence-corrected chi connectivity index (χ4v) is 0.779. The zero-order valence-electron chi connectivity index (χ0n) is 6.93. The Kier molecular flexibility index (Phi) is 5.58. The van der Waals surface area contributed by atoms with Gasteiger partial charge in [-0.05, 0) is 25.3 Å². The molecular weight excluding hydrogens is 126 g/mol. The standard InChI is InChI=1S/C7H19N3/c1-6(2)4-3-5-10-7(8)9/h6-7,10H,3-5,8-9H2,1-2H3. The zero-order chi connectivity index (χ0) is 7.98. The molecule has 0 rings (SSSR count). The van der Waals surface area contributed by atoms with Gasteiger partial charge in [-0.15, -0.1) is 0 Å². The predicted octanol–water partition coefficient (Wildman–Crippen LogP) is 0.213. The van der Waals surface area contributed by atoms with Crippen LogP contribution in [0.1, 0.15) is 26.7 Å². The molecule has 0 saturated carbocycles. The van der Waals surface area contributed by atoms with E-state index in [-0.39, 0.29) is 6.29 Å². The highest BCUT2D eigenvalue weighted by Crippen LogP contribution is 2.01. The first-order valence-electron chi connectivity index (χ1n) is 3.87. The normalized spacial score (nSPS) is 11.4. The average Bonchev–Trinajstić information content (AvgIpc) is 1.79. The van der Waals surface area contributed by atoms with E-state index in [1.54, 1.807) is 0 Å². The Morgan fingerprint density at radius 1 is 1.30 bits per heavy atom. The topological polar surface area (TPSA) is 64.1 Å². The van der Waals surface area contributed by atoms with Crippen molar-refractivity contribution in [3.05, 3.63) is 0 Å². The van der Waals surface area contributed by atoms with Crippen molar-refractivity contribution >= 4 is 0 Å². The molecule has 0 aliphatic rings. The van der Waals surface area contributed by atoms with Crippen LogP contribution >= 0.6 is 0 Å². The summed E-state index contributed by atoms with van der Waals surface area (Å²) in [5.41, 5.74) is 10.6. The molecule has 0 spiro atoms. The number of nitrogens with two attached hydrogens (primary N) is 2. The van der Waals surface area contributed by atoms with Gasteiger partial charge in [-0.3, -0.25) is 5.32 Å². The first-order valence-corrected chi connectivity index (χ1v) is 3.87. The molecule has 0 fully saturated rings. The minimum atomic E-state index is -0.354. The maximum Gasteiger partial charge on any atom is 0.106 e. The van der Waals surface area contributed by atoms with Gasteiger partial charge < -0.3 is 11.5 Å². The Balaban J connectivity index is 2.91. The van der Waals surface area contributed by atoms with Crippen molar-refractivity contribution in [2.45, 2.75) is 33.0 Å². The molecule has 0 atom stereocenters. The fourth-order valence-electron chi connectivity index (χ4n) is 0.779. The van der Waals surface area contributed by atoms with Gasteiger partial charge in [0.25, 0.3) is 0 Å². The van der Waals surface area contributed by atoms with E-state index < -0.39 is 0 Å². The van der Waals surface area contributed by atoms with Crippen LogP contribution in [0.4, 0.5) is 0 Å². The Bertz CT molecular complexity index is 61.3. The number of hydrogen-bond donors (Lipinski definition) is 3. The van der Waals surface area contributed by atoms with Gasteiger partial charge in [0.1, 0.15) is 6.29 Å². The lowest BCUT2D eigenvalue weighted by atomic mass is 10.1. The zero-order valence-corrected chi connectivity index (χ0v) is 6.93. The van der Waals surface area contributed by atoms with Crippen LogP contribution in [0.3, 0.4) is 0 Å². The minimum Gasteiger partial charge on any atom is -0.304 e. The van der Waals surface area contributed by atoms with Gasteiger partial charge in [0.2, 0.25) is 0 Å². The molecule has 0 aromatic heterocycles. The minimum absolute atomic E-state index is 0.354. The van der Waals surface area contributed by atoms with Gasteiger partial charge >= 0.3 is 0 Å². The van der Waals surface area contributed by atoms with Crippen LogP contribution in [0.15, 0.2) is 0 Å². The SMILES string of the molecule is CC(C)CCCNC(N)N. The van der Waals surface area contributed by atoms with E-state index in [1.165, 1.54) is 6.42 Å². The van der Waals surface area contributed by atoms with Gasteiger partial charge in [0.15, 0.2) is 0 Å². The second kappa shape index (κ2) is 5.65. The molecule has 3 nitrogen and oxygen atoms in total. The molecule has 0 aromatic rings. The third-order valence-electron chi connectivity index (χ3n) is 1.34. The molecule has 0 aromatic carbocycles. The van der Waals surface area contributed by atoms with E-state index in [4.69, 9.17) is 11.5 Å². The smallest absolute Gasteiger partial charge is 0.106 e. The van der Waals surface area contributed by atoms with Crippen molar-refractivity contribution in [1.82, 2.24) is 5.32 Å². The monoisotopic (exact) mass is 145 g/mol. The van der Waals surface area contributed by atoms with E-state index in [0.29, 0.717) is 0 Å². The number of hydrogen-bond acceptors (Lipinski definition) is 3. The first-order chi connectivity index (χ1) is 4.63. The molecule has 0 amide bonds. The highest BCUT2D eigenvalue weighted by Gasteiger charge is 1.94. The largest absolute Gasteiger partial charge is 0.304 e. The molecule has 0 unspecified atom stereocenters.